The Labute approximate surface area is 120 Å². The van der Waals surface area contributed by atoms with Crippen LogP contribution in [0.2, 0.25) is 0 Å². The molecule has 1 heterocycles. The van der Waals surface area contributed by atoms with Crippen LogP contribution in [-0.4, -0.2) is 29.7 Å². The second kappa shape index (κ2) is 5.89. The largest absolute Gasteiger partial charge is 0.397 e. The molecule has 0 aliphatic heterocycles. The maximum absolute atomic E-state index is 12.1. The average molecular weight is 311 g/mol. The first-order valence-electron chi connectivity index (χ1n) is 5.91. The highest BCUT2D eigenvalue weighted by Gasteiger charge is 2.19. The van der Waals surface area contributed by atoms with Crippen LogP contribution in [0, 0.1) is 10.1 Å². The minimum Gasteiger partial charge on any atom is -0.397 e. The highest BCUT2D eigenvalue weighted by molar-refractivity contribution is 7.89. The normalized spacial score (nSPS) is 11.4. The lowest BCUT2D eigenvalue weighted by atomic mass is 10.3. The number of non-ortho nitro benzene ring substituents is 1. The van der Waals surface area contributed by atoms with E-state index in [0.29, 0.717) is 6.54 Å². The van der Waals surface area contributed by atoms with Crippen molar-refractivity contribution in [3.8, 4) is 0 Å². The molecule has 0 aliphatic carbocycles. The average Bonchev–Trinajstić information content (AvgIpc) is 2.91. The van der Waals surface area contributed by atoms with Gasteiger partial charge in [0.15, 0.2) is 0 Å². The zero-order chi connectivity index (χ0) is 15.5. The zero-order valence-corrected chi connectivity index (χ0v) is 11.7. The fraction of sp³-hybridized carbons (Fsp3) is 0.182. The lowest BCUT2D eigenvalue weighted by molar-refractivity contribution is -0.384. The summed E-state index contributed by atoms with van der Waals surface area (Å²) >= 11 is 0. The van der Waals surface area contributed by atoms with Crippen LogP contribution in [0.1, 0.15) is 0 Å². The van der Waals surface area contributed by atoms with Gasteiger partial charge in [-0.3, -0.25) is 14.8 Å². The zero-order valence-electron chi connectivity index (χ0n) is 10.8. The standard InChI is InChI=1S/C11H13N5O4S/c12-10-8-9(16(17)18)2-3-11(10)21(19,20)14-5-7-15-6-1-4-13-15/h1-4,6,8,14H,5,7,12H2. The Morgan fingerprint density at radius 1 is 1.43 bits per heavy atom. The number of benzene rings is 1. The molecule has 0 atom stereocenters. The van der Waals surface area contributed by atoms with Gasteiger partial charge in [-0.25, -0.2) is 13.1 Å². The Bertz CT molecular complexity index is 742. The van der Waals surface area contributed by atoms with Crippen molar-refractivity contribution in [2.24, 2.45) is 0 Å². The molecule has 3 N–H and O–H groups in total. The van der Waals surface area contributed by atoms with Crippen LogP contribution in [0.4, 0.5) is 11.4 Å². The highest BCUT2D eigenvalue weighted by Crippen LogP contribution is 2.23. The summed E-state index contributed by atoms with van der Waals surface area (Å²) in [5.74, 6) is 0. The van der Waals surface area contributed by atoms with Crippen molar-refractivity contribution < 1.29 is 13.3 Å². The van der Waals surface area contributed by atoms with E-state index in [2.05, 4.69) is 9.82 Å². The van der Waals surface area contributed by atoms with E-state index in [4.69, 9.17) is 5.73 Å². The maximum atomic E-state index is 12.1. The van der Waals surface area contributed by atoms with Crippen molar-refractivity contribution in [2.75, 3.05) is 12.3 Å². The summed E-state index contributed by atoms with van der Waals surface area (Å²) < 4.78 is 28.1. The van der Waals surface area contributed by atoms with Crippen LogP contribution < -0.4 is 10.5 Å². The molecule has 0 aliphatic rings. The van der Waals surface area contributed by atoms with Crippen LogP contribution in [0.15, 0.2) is 41.6 Å². The first-order valence-corrected chi connectivity index (χ1v) is 7.39. The van der Waals surface area contributed by atoms with E-state index in [-0.39, 0.29) is 22.8 Å². The fourth-order valence-corrected chi connectivity index (χ4v) is 2.83. The SMILES string of the molecule is Nc1cc([N+](=O)[O-])ccc1S(=O)(=O)NCCn1cccn1. The van der Waals surface area contributed by atoms with Crippen molar-refractivity contribution in [3.05, 3.63) is 46.8 Å². The summed E-state index contributed by atoms with van der Waals surface area (Å²) in [5.41, 5.74) is 5.14. The number of nitrogen functional groups attached to an aromatic ring is 1. The molecule has 0 unspecified atom stereocenters. The predicted octanol–water partition coefficient (Wildman–Crippen LogP) is 0.352. The summed E-state index contributed by atoms with van der Waals surface area (Å²) in [7, 11) is -3.83. The van der Waals surface area contributed by atoms with Gasteiger partial charge in [0, 0.05) is 31.1 Å². The molecule has 0 spiro atoms. The third-order valence-electron chi connectivity index (χ3n) is 2.69. The molecular formula is C11H13N5O4S. The molecule has 0 radical (unpaired) electrons. The molecule has 1 aromatic heterocycles. The van der Waals surface area contributed by atoms with E-state index < -0.39 is 14.9 Å². The van der Waals surface area contributed by atoms with Gasteiger partial charge in [0.2, 0.25) is 10.0 Å². The van der Waals surface area contributed by atoms with Gasteiger partial charge in [0.25, 0.3) is 5.69 Å². The Balaban J connectivity index is 2.10. The number of nitro groups is 1. The fourth-order valence-electron chi connectivity index (χ4n) is 1.70. The molecule has 112 valence electrons. The number of nitrogens with zero attached hydrogens (tertiary/aromatic N) is 3. The number of aromatic nitrogens is 2. The Morgan fingerprint density at radius 3 is 2.76 bits per heavy atom. The second-order valence-electron chi connectivity index (χ2n) is 4.15. The van der Waals surface area contributed by atoms with Crippen molar-refractivity contribution in [3.63, 3.8) is 0 Å². The number of hydrogen-bond donors (Lipinski definition) is 2. The van der Waals surface area contributed by atoms with E-state index in [1.165, 1.54) is 0 Å². The topological polar surface area (TPSA) is 133 Å². The molecule has 2 rings (SSSR count). The predicted molar refractivity (Wildman–Crippen MR) is 74.9 cm³/mol. The lowest BCUT2D eigenvalue weighted by Gasteiger charge is -2.09. The molecule has 10 heteroatoms. The quantitative estimate of drug-likeness (QED) is 0.449. The van der Waals surface area contributed by atoms with Gasteiger partial charge in [-0.15, -0.1) is 0 Å². The Morgan fingerprint density at radius 2 is 2.19 bits per heavy atom. The van der Waals surface area contributed by atoms with Crippen LogP contribution >= 0.6 is 0 Å². The van der Waals surface area contributed by atoms with Crippen molar-refractivity contribution >= 4 is 21.4 Å². The summed E-state index contributed by atoms with van der Waals surface area (Å²) in [6, 6.07) is 4.95. The van der Waals surface area contributed by atoms with E-state index in [1.807, 2.05) is 0 Å². The van der Waals surface area contributed by atoms with E-state index >= 15 is 0 Å². The van der Waals surface area contributed by atoms with Gasteiger partial charge >= 0.3 is 0 Å². The van der Waals surface area contributed by atoms with Crippen LogP contribution in [0.25, 0.3) is 0 Å². The molecule has 21 heavy (non-hydrogen) atoms. The lowest BCUT2D eigenvalue weighted by Crippen LogP contribution is -2.28. The molecule has 0 saturated carbocycles. The van der Waals surface area contributed by atoms with Gasteiger partial charge < -0.3 is 5.73 Å². The summed E-state index contributed by atoms with van der Waals surface area (Å²) in [4.78, 5) is 9.77. The number of nitro benzene ring substituents is 1. The summed E-state index contributed by atoms with van der Waals surface area (Å²) in [6.45, 7) is 0.486. The van der Waals surface area contributed by atoms with E-state index in [9.17, 15) is 18.5 Å². The van der Waals surface area contributed by atoms with Crippen molar-refractivity contribution in [1.82, 2.24) is 14.5 Å². The van der Waals surface area contributed by atoms with E-state index in [0.717, 1.165) is 18.2 Å². The maximum Gasteiger partial charge on any atom is 0.271 e. The third-order valence-corrected chi connectivity index (χ3v) is 4.22. The van der Waals surface area contributed by atoms with Crippen molar-refractivity contribution in [2.45, 2.75) is 11.4 Å². The van der Waals surface area contributed by atoms with Crippen LogP contribution in [-0.2, 0) is 16.6 Å². The number of anilines is 1. The molecule has 0 fully saturated rings. The van der Waals surface area contributed by atoms with Crippen molar-refractivity contribution in [1.29, 1.82) is 0 Å². The van der Waals surface area contributed by atoms with Gasteiger partial charge in [0.1, 0.15) is 4.90 Å². The molecule has 0 saturated heterocycles. The minimum absolute atomic E-state index is 0.125. The molecule has 9 nitrogen and oxygen atoms in total. The Hall–Kier alpha value is -2.46. The first kappa shape index (κ1) is 14.9. The molecule has 0 amide bonds. The number of nitrogens with one attached hydrogen (secondary N) is 1. The minimum atomic E-state index is -3.83. The van der Waals surface area contributed by atoms with Crippen LogP contribution in [0.3, 0.4) is 0 Å². The second-order valence-corrected chi connectivity index (χ2v) is 5.88. The van der Waals surface area contributed by atoms with Gasteiger partial charge in [-0.1, -0.05) is 0 Å². The highest BCUT2D eigenvalue weighted by atomic mass is 32.2. The molecule has 1 aromatic carbocycles. The molecular weight excluding hydrogens is 298 g/mol. The number of rotatable bonds is 6. The first-order chi connectivity index (χ1) is 9.90. The van der Waals surface area contributed by atoms with Gasteiger partial charge in [0.05, 0.1) is 17.2 Å². The summed E-state index contributed by atoms with van der Waals surface area (Å²) in [5, 5.41) is 14.5. The number of hydrogen-bond acceptors (Lipinski definition) is 6. The summed E-state index contributed by atoms with van der Waals surface area (Å²) in [6.07, 6.45) is 3.29. The van der Waals surface area contributed by atoms with Gasteiger partial charge in [-0.2, -0.15) is 5.10 Å². The third kappa shape index (κ3) is 3.55. The van der Waals surface area contributed by atoms with E-state index in [1.54, 1.807) is 23.1 Å². The molecule has 0 bridgehead atoms. The monoisotopic (exact) mass is 311 g/mol. The molecule has 2 aromatic rings. The number of sulfonamides is 1. The van der Waals surface area contributed by atoms with Gasteiger partial charge in [-0.05, 0) is 12.1 Å². The van der Waals surface area contributed by atoms with Crippen LogP contribution in [0.5, 0.6) is 0 Å². The number of nitrogens with two attached hydrogens (primary N) is 1. The smallest absolute Gasteiger partial charge is 0.271 e. The Kier molecular flexibility index (Phi) is 4.19.